The fraction of sp³-hybridized carbons (Fsp3) is 0.387. The van der Waals surface area contributed by atoms with Gasteiger partial charge >= 0.3 is 5.97 Å². The zero-order valence-corrected chi connectivity index (χ0v) is 28.8. The zero-order chi connectivity index (χ0) is 36.1. The SMILES string of the molecule is CCn1cc(C(=O)O)c(=O)c2cc(F)c(N3CC[N+](C)(CC4=C(C(=O)[O-])N5C(=O)[C@@H](NC(=O)/C(=N\OC)c6csc(N)n6)[C@H]5SC4)CC3)cc21. The minimum Gasteiger partial charge on any atom is -0.543 e. The van der Waals surface area contributed by atoms with Gasteiger partial charge < -0.3 is 44.8 Å². The van der Waals surface area contributed by atoms with Crippen molar-refractivity contribution in [2.45, 2.75) is 24.9 Å². The smallest absolute Gasteiger partial charge is 0.341 e. The number of nitrogens with two attached hydrogens (primary N) is 1. The summed E-state index contributed by atoms with van der Waals surface area (Å²) in [6.07, 6.45) is 1.26. The summed E-state index contributed by atoms with van der Waals surface area (Å²) in [6, 6.07) is 1.62. The predicted molar refractivity (Wildman–Crippen MR) is 181 cm³/mol. The second-order valence-corrected chi connectivity index (χ2v) is 14.3. The van der Waals surface area contributed by atoms with Gasteiger partial charge in [0.1, 0.15) is 42.1 Å². The van der Waals surface area contributed by atoms with Crippen molar-refractivity contribution < 1.29 is 43.1 Å². The number of nitrogens with zero attached hydrogens (tertiary/aromatic N) is 6. The van der Waals surface area contributed by atoms with Gasteiger partial charge in [0.25, 0.3) is 11.8 Å². The summed E-state index contributed by atoms with van der Waals surface area (Å²) in [4.78, 5) is 75.0. The molecule has 3 aliphatic heterocycles. The summed E-state index contributed by atoms with van der Waals surface area (Å²) >= 11 is 2.42. The highest BCUT2D eigenvalue weighted by molar-refractivity contribution is 8.00. The molecule has 2 atom stereocenters. The first-order valence-electron chi connectivity index (χ1n) is 15.5. The van der Waals surface area contributed by atoms with E-state index in [4.69, 9.17) is 10.6 Å². The number of pyridine rings is 1. The number of carboxylic acid groups (broad SMARTS) is 2. The molecule has 50 heavy (non-hydrogen) atoms. The van der Waals surface area contributed by atoms with Gasteiger partial charge in [-0.15, -0.1) is 23.1 Å². The quantitative estimate of drug-likeness (QED) is 0.106. The molecule has 0 bridgehead atoms. The number of aromatic carboxylic acids is 1. The highest BCUT2D eigenvalue weighted by Crippen LogP contribution is 2.41. The number of quaternary nitrogens is 1. The first-order valence-corrected chi connectivity index (χ1v) is 17.4. The Bertz CT molecular complexity index is 2050. The van der Waals surface area contributed by atoms with Gasteiger partial charge in [0.15, 0.2) is 10.8 Å². The predicted octanol–water partition coefficient (Wildman–Crippen LogP) is -0.381. The molecule has 1 aromatic carbocycles. The fourth-order valence-electron chi connectivity index (χ4n) is 6.56. The van der Waals surface area contributed by atoms with Gasteiger partial charge in [0.05, 0.1) is 56.1 Å². The van der Waals surface area contributed by atoms with Crippen molar-refractivity contribution in [3.63, 3.8) is 0 Å². The molecule has 0 spiro atoms. The monoisotopic (exact) mass is 728 g/mol. The number of hydrogen-bond acceptors (Lipinski definition) is 13. The molecule has 264 valence electrons. The highest BCUT2D eigenvalue weighted by atomic mass is 32.2. The van der Waals surface area contributed by atoms with Gasteiger partial charge in [0, 0.05) is 34.8 Å². The number of aliphatic carboxylic acids is 1. The topological polar surface area (TPSA) is 213 Å². The van der Waals surface area contributed by atoms with Crippen LogP contribution in [0.25, 0.3) is 10.9 Å². The Hall–Kier alpha value is -5.01. The van der Waals surface area contributed by atoms with Crippen LogP contribution >= 0.6 is 23.1 Å². The summed E-state index contributed by atoms with van der Waals surface area (Å²) in [5, 5.41) is 29.3. The number of oxime groups is 1. The van der Waals surface area contributed by atoms with Crippen LogP contribution in [0, 0.1) is 5.82 Å². The molecule has 0 radical (unpaired) electrons. The van der Waals surface area contributed by atoms with Gasteiger partial charge in [-0.25, -0.2) is 14.2 Å². The molecule has 2 amide bonds. The molecule has 0 unspecified atom stereocenters. The number of nitrogen functional groups attached to an aromatic ring is 1. The van der Waals surface area contributed by atoms with Crippen LogP contribution in [-0.2, 0) is 25.8 Å². The second kappa shape index (κ2) is 13.4. The Morgan fingerprint density at radius 2 is 1.98 bits per heavy atom. The number of β-lactam (4-membered cyclic amide) rings is 1. The number of carbonyl (C=O) groups is 4. The van der Waals surface area contributed by atoms with Gasteiger partial charge in [-0.05, 0) is 19.1 Å². The molecular formula is C31H33FN8O8S2. The van der Waals surface area contributed by atoms with Crippen molar-refractivity contribution in [2.75, 3.05) is 63.3 Å². The number of aryl methyl sites for hydroxylation is 1. The highest BCUT2D eigenvalue weighted by Gasteiger charge is 2.54. The van der Waals surface area contributed by atoms with Gasteiger partial charge in [0.2, 0.25) is 5.43 Å². The van der Waals surface area contributed by atoms with Gasteiger partial charge in [-0.1, -0.05) is 5.16 Å². The van der Waals surface area contributed by atoms with Crippen LogP contribution in [0.2, 0.25) is 0 Å². The number of piperazine rings is 1. The van der Waals surface area contributed by atoms with E-state index in [1.807, 2.05) is 11.9 Å². The lowest BCUT2D eigenvalue weighted by atomic mass is 10.0. The molecular weight excluding hydrogens is 696 g/mol. The molecule has 2 aromatic heterocycles. The van der Waals surface area contributed by atoms with Gasteiger partial charge in [-0.3, -0.25) is 19.3 Å². The second-order valence-electron chi connectivity index (χ2n) is 12.3. The number of rotatable bonds is 10. The Kier molecular flexibility index (Phi) is 9.31. The molecule has 16 nitrogen and oxygen atoms in total. The Morgan fingerprint density at radius 3 is 2.58 bits per heavy atom. The Balaban J connectivity index is 1.17. The van der Waals surface area contributed by atoms with E-state index in [-0.39, 0.29) is 39.1 Å². The normalized spacial score (nSPS) is 20.4. The van der Waals surface area contributed by atoms with Crippen LogP contribution < -0.4 is 26.5 Å². The maximum atomic E-state index is 15.5. The van der Waals surface area contributed by atoms with Crippen LogP contribution in [0.5, 0.6) is 0 Å². The summed E-state index contributed by atoms with van der Waals surface area (Å²) in [6.45, 7) is 4.26. The molecule has 4 N–H and O–H groups in total. The number of halogens is 1. The third-order valence-electron chi connectivity index (χ3n) is 9.14. The largest absolute Gasteiger partial charge is 0.543 e. The van der Waals surface area contributed by atoms with E-state index in [0.29, 0.717) is 54.8 Å². The molecule has 3 aromatic rings. The summed E-state index contributed by atoms with van der Waals surface area (Å²) in [5.41, 5.74) is 5.46. The van der Waals surface area contributed by atoms with Crippen molar-refractivity contribution in [2.24, 2.45) is 5.16 Å². The number of amides is 2. The van der Waals surface area contributed by atoms with Crippen molar-refractivity contribution in [1.82, 2.24) is 19.8 Å². The molecule has 2 saturated heterocycles. The lowest BCUT2D eigenvalue weighted by molar-refractivity contribution is -0.905. The molecule has 5 heterocycles. The average molecular weight is 729 g/mol. The number of benzene rings is 1. The van der Waals surface area contributed by atoms with E-state index < -0.39 is 52.0 Å². The van der Waals surface area contributed by atoms with E-state index in [2.05, 4.69) is 15.5 Å². The number of aromatic nitrogens is 2. The number of anilines is 2. The lowest BCUT2D eigenvalue weighted by Gasteiger charge is -2.51. The molecule has 19 heteroatoms. The van der Waals surface area contributed by atoms with Gasteiger partial charge in [-0.2, -0.15) is 0 Å². The van der Waals surface area contributed by atoms with E-state index in [9.17, 15) is 34.2 Å². The number of thioether (sulfide) groups is 1. The molecule has 6 rings (SSSR count). The minimum absolute atomic E-state index is 0.0176. The van der Waals surface area contributed by atoms with Crippen LogP contribution in [-0.4, -0.2) is 118 Å². The van der Waals surface area contributed by atoms with E-state index >= 15 is 4.39 Å². The van der Waals surface area contributed by atoms with Crippen molar-refractivity contribution in [1.29, 1.82) is 0 Å². The van der Waals surface area contributed by atoms with Crippen LogP contribution in [0.15, 0.2) is 44.9 Å². The van der Waals surface area contributed by atoms with Crippen LogP contribution in [0.4, 0.5) is 15.2 Å². The molecule has 0 saturated carbocycles. The number of hydrogen-bond donors (Lipinski definition) is 3. The minimum atomic E-state index is -1.50. The zero-order valence-electron chi connectivity index (χ0n) is 27.2. The van der Waals surface area contributed by atoms with Crippen LogP contribution in [0.3, 0.4) is 0 Å². The van der Waals surface area contributed by atoms with Crippen molar-refractivity contribution >= 4 is 74.3 Å². The number of fused-ring (bicyclic) bond motifs is 2. The number of thiazole rings is 1. The summed E-state index contributed by atoms with van der Waals surface area (Å²) in [7, 11) is 3.21. The fourth-order valence-corrected chi connectivity index (χ4v) is 8.44. The van der Waals surface area contributed by atoms with Crippen molar-refractivity contribution in [3.05, 3.63) is 62.3 Å². The number of nitrogens with one attached hydrogen (secondary N) is 1. The first kappa shape index (κ1) is 34.8. The molecule has 3 aliphatic rings. The van der Waals surface area contributed by atoms with Crippen molar-refractivity contribution in [3.8, 4) is 0 Å². The molecule has 0 aliphatic carbocycles. The molecule has 2 fully saturated rings. The summed E-state index contributed by atoms with van der Waals surface area (Å²) in [5.74, 6) is -4.60. The Labute approximate surface area is 292 Å². The maximum absolute atomic E-state index is 15.5. The maximum Gasteiger partial charge on any atom is 0.341 e. The number of carbonyl (C=O) groups excluding carboxylic acids is 3. The lowest BCUT2D eigenvalue weighted by Crippen LogP contribution is -2.72. The van der Waals surface area contributed by atoms with E-state index in [1.54, 1.807) is 17.6 Å². The van der Waals surface area contributed by atoms with E-state index in [0.717, 1.165) is 22.3 Å². The third-order valence-corrected chi connectivity index (χ3v) is 11.2. The first-order chi connectivity index (χ1) is 23.8. The number of likely N-dealkylation sites (N-methyl/N-ethyl adjacent to an activating group) is 1. The standard InChI is InChI=1S/C31H33FN8O8S2/c1-4-37-11-17(29(44)45)25(41)16-9-18(32)21(10-20(16)37)38-5-7-40(2,8-6-38)12-15-13-49-28-23(27(43)39(28)24(15)30(46)47)35-26(42)22(36-48-3)19-14-50-31(33)34-19/h9-11,14,23,28H,4-8,12-13H2,1-3H3,(H4-,33,34,35,42,44,45,46,47)/b36-22-/t23-,28-/m1/s1. The Morgan fingerprint density at radius 1 is 1.26 bits per heavy atom. The number of carboxylic acids is 2. The third kappa shape index (κ3) is 6.15. The van der Waals surface area contributed by atoms with Crippen LogP contribution in [0.1, 0.15) is 23.0 Å². The average Bonchev–Trinajstić information content (AvgIpc) is 3.51. The summed E-state index contributed by atoms with van der Waals surface area (Å²) < 4.78 is 17.5. The van der Waals surface area contributed by atoms with E-state index in [1.165, 1.54) is 30.4 Å².